The number of hydrogen-bond donors (Lipinski definition) is 1. The number of aliphatic hydroxyl groups is 1. The number of likely N-dealkylation sites (N-methyl/N-ethyl adjacent to an activating group) is 1. The Bertz CT molecular complexity index is 523. The molecule has 0 radical (unpaired) electrons. The van der Waals surface area contributed by atoms with Gasteiger partial charge >= 0.3 is 0 Å². The van der Waals surface area contributed by atoms with Crippen LogP contribution in [0.15, 0.2) is 29.2 Å². The van der Waals surface area contributed by atoms with Crippen molar-refractivity contribution in [2.75, 3.05) is 20.2 Å². The molecule has 0 spiro atoms. The highest BCUT2D eigenvalue weighted by Crippen LogP contribution is 2.21. The molecule has 1 heterocycles. The highest BCUT2D eigenvalue weighted by atomic mass is 32.2. The number of hydrogen-bond acceptors (Lipinski definition) is 4. The minimum absolute atomic E-state index is 0.0268. The van der Waals surface area contributed by atoms with E-state index in [1.807, 2.05) is 0 Å². The first-order chi connectivity index (χ1) is 9.05. The second kappa shape index (κ2) is 6.00. The topological polar surface area (TPSA) is 66.8 Å². The minimum atomic E-state index is -3.58. The molecule has 2 rings (SSSR count). The van der Waals surface area contributed by atoms with E-state index in [-0.39, 0.29) is 17.6 Å². The molecule has 1 aromatic rings. The van der Waals surface area contributed by atoms with E-state index < -0.39 is 10.0 Å². The van der Waals surface area contributed by atoms with Crippen LogP contribution in [0.5, 0.6) is 0 Å². The van der Waals surface area contributed by atoms with Crippen LogP contribution in [0.25, 0.3) is 0 Å². The maximum absolute atomic E-state index is 12.5. The first-order valence-electron chi connectivity index (χ1n) is 6.32. The quantitative estimate of drug-likeness (QED) is 0.875. The van der Waals surface area contributed by atoms with Gasteiger partial charge in [0.2, 0.25) is 10.0 Å². The Morgan fingerprint density at radius 1 is 1.42 bits per heavy atom. The zero-order chi connectivity index (χ0) is 13.9. The van der Waals surface area contributed by atoms with E-state index in [2.05, 4.69) is 0 Å². The summed E-state index contributed by atoms with van der Waals surface area (Å²) in [5, 5.41) is 9.24. The number of nitrogens with zero attached hydrogens (tertiary/aromatic N) is 1. The Balaban J connectivity index is 2.20. The van der Waals surface area contributed by atoms with E-state index in [9.17, 15) is 13.5 Å². The number of aliphatic hydroxyl groups excluding tert-OH is 1. The molecule has 0 saturated carbocycles. The van der Waals surface area contributed by atoms with Crippen molar-refractivity contribution in [2.45, 2.75) is 30.4 Å². The van der Waals surface area contributed by atoms with E-state index in [1.165, 1.54) is 10.4 Å². The van der Waals surface area contributed by atoms with Gasteiger partial charge in [0.1, 0.15) is 0 Å². The van der Waals surface area contributed by atoms with Gasteiger partial charge in [0.25, 0.3) is 0 Å². The highest BCUT2D eigenvalue weighted by molar-refractivity contribution is 7.89. The van der Waals surface area contributed by atoms with Gasteiger partial charge in [0.05, 0.1) is 17.6 Å². The number of benzene rings is 1. The molecule has 1 fully saturated rings. The molecular formula is C13H19NO4S. The van der Waals surface area contributed by atoms with Crippen molar-refractivity contribution in [3.05, 3.63) is 29.8 Å². The zero-order valence-corrected chi connectivity index (χ0v) is 11.8. The standard InChI is InChI=1S/C13H19NO4S/c1-14(9-12-6-4-8-18-12)19(16,17)13-7-3-2-5-11(13)10-15/h2-3,5,7,12,15H,4,6,8-10H2,1H3. The molecule has 6 heteroatoms. The summed E-state index contributed by atoms with van der Waals surface area (Å²) in [7, 11) is -2.03. The van der Waals surface area contributed by atoms with E-state index >= 15 is 0 Å². The molecule has 0 aliphatic carbocycles. The highest BCUT2D eigenvalue weighted by Gasteiger charge is 2.27. The Labute approximate surface area is 113 Å². The number of sulfonamides is 1. The van der Waals surface area contributed by atoms with Crippen LogP contribution in [-0.4, -0.2) is 44.1 Å². The fourth-order valence-corrected chi connectivity index (χ4v) is 3.64. The van der Waals surface area contributed by atoms with Crippen LogP contribution < -0.4 is 0 Å². The predicted molar refractivity (Wildman–Crippen MR) is 71.2 cm³/mol. The van der Waals surface area contributed by atoms with Gasteiger partial charge in [-0.15, -0.1) is 0 Å². The predicted octanol–water partition coefficient (Wildman–Crippen LogP) is 0.978. The Hall–Kier alpha value is -0.950. The molecule has 1 saturated heterocycles. The fraction of sp³-hybridized carbons (Fsp3) is 0.538. The lowest BCUT2D eigenvalue weighted by molar-refractivity contribution is 0.0978. The molecule has 1 aliphatic heterocycles. The second-order valence-electron chi connectivity index (χ2n) is 4.69. The molecule has 19 heavy (non-hydrogen) atoms. The molecule has 1 unspecified atom stereocenters. The summed E-state index contributed by atoms with van der Waals surface area (Å²) in [6.07, 6.45) is 1.84. The Morgan fingerprint density at radius 3 is 2.79 bits per heavy atom. The lowest BCUT2D eigenvalue weighted by Gasteiger charge is -2.21. The van der Waals surface area contributed by atoms with E-state index in [1.54, 1.807) is 25.2 Å². The second-order valence-corrected chi connectivity index (χ2v) is 6.70. The third-order valence-corrected chi connectivity index (χ3v) is 5.24. The molecule has 5 nitrogen and oxygen atoms in total. The van der Waals surface area contributed by atoms with Crippen LogP contribution in [0, 0.1) is 0 Å². The van der Waals surface area contributed by atoms with Crippen LogP contribution >= 0.6 is 0 Å². The molecular weight excluding hydrogens is 266 g/mol. The molecule has 0 amide bonds. The van der Waals surface area contributed by atoms with Crippen LogP contribution in [0.1, 0.15) is 18.4 Å². The molecule has 106 valence electrons. The monoisotopic (exact) mass is 285 g/mol. The van der Waals surface area contributed by atoms with Crippen molar-refractivity contribution in [3.8, 4) is 0 Å². The first-order valence-corrected chi connectivity index (χ1v) is 7.76. The Morgan fingerprint density at radius 2 is 2.16 bits per heavy atom. The van der Waals surface area contributed by atoms with Crippen LogP contribution in [0.4, 0.5) is 0 Å². The van der Waals surface area contributed by atoms with Gasteiger partial charge in [-0.05, 0) is 24.5 Å². The third kappa shape index (κ3) is 3.14. The summed E-state index contributed by atoms with van der Waals surface area (Å²) in [5.74, 6) is 0. The van der Waals surface area contributed by atoms with Crippen molar-refractivity contribution in [3.63, 3.8) is 0 Å². The van der Waals surface area contributed by atoms with Gasteiger partial charge in [-0.25, -0.2) is 8.42 Å². The normalized spacial score (nSPS) is 20.1. The third-order valence-electron chi connectivity index (χ3n) is 3.32. The largest absolute Gasteiger partial charge is 0.392 e. The van der Waals surface area contributed by atoms with E-state index in [0.29, 0.717) is 18.7 Å². The van der Waals surface area contributed by atoms with Crippen LogP contribution in [0.3, 0.4) is 0 Å². The van der Waals surface area contributed by atoms with Crippen LogP contribution in [0.2, 0.25) is 0 Å². The van der Waals surface area contributed by atoms with Gasteiger partial charge < -0.3 is 9.84 Å². The molecule has 0 aromatic heterocycles. The summed E-state index contributed by atoms with van der Waals surface area (Å²) < 4.78 is 31.7. The molecule has 1 N–H and O–H groups in total. The van der Waals surface area contributed by atoms with Crippen LogP contribution in [-0.2, 0) is 21.4 Å². The van der Waals surface area contributed by atoms with Gasteiger partial charge in [-0.3, -0.25) is 0 Å². The average molecular weight is 285 g/mol. The lowest BCUT2D eigenvalue weighted by Crippen LogP contribution is -2.34. The molecule has 0 bridgehead atoms. The van der Waals surface area contributed by atoms with Crippen molar-refractivity contribution < 1.29 is 18.3 Å². The van der Waals surface area contributed by atoms with Crippen molar-refractivity contribution in [2.24, 2.45) is 0 Å². The minimum Gasteiger partial charge on any atom is -0.392 e. The summed E-state index contributed by atoms with van der Waals surface area (Å²) in [6, 6.07) is 6.51. The Kier molecular flexibility index (Phi) is 4.57. The van der Waals surface area contributed by atoms with Gasteiger partial charge in [0.15, 0.2) is 0 Å². The van der Waals surface area contributed by atoms with E-state index in [0.717, 1.165) is 12.8 Å². The molecule has 1 aromatic carbocycles. The van der Waals surface area contributed by atoms with Gasteiger partial charge in [-0.1, -0.05) is 18.2 Å². The smallest absolute Gasteiger partial charge is 0.243 e. The van der Waals surface area contributed by atoms with Crippen molar-refractivity contribution in [1.29, 1.82) is 0 Å². The number of ether oxygens (including phenoxy) is 1. The summed E-state index contributed by atoms with van der Waals surface area (Å²) in [4.78, 5) is 0.165. The molecule has 1 aliphatic rings. The van der Waals surface area contributed by atoms with Crippen molar-refractivity contribution in [1.82, 2.24) is 4.31 Å². The number of rotatable bonds is 5. The molecule has 1 atom stereocenters. The lowest BCUT2D eigenvalue weighted by atomic mass is 10.2. The fourth-order valence-electron chi connectivity index (χ4n) is 2.23. The summed E-state index contributed by atoms with van der Waals surface area (Å²) >= 11 is 0. The maximum atomic E-state index is 12.5. The maximum Gasteiger partial charge on any atom is 0.243 e. The van der Waals surface area contributed by atoms with Crippen molar-refractivity contribution >= 4 is 10.0 Å². The summed E-state index contributed by atoms with van der Waals surface area (Å²) in [5.41, 5.74) is 0.418. The SMILES string of the molecule is CN(CC1CCCO1)S(=O)(=O)c1ccccc1CO. The van der Waals surface area contributed by atoms with E-state index in [4.69, 9.17) is 4.74 Å². The first kappa shape index (κ1) is 14.5. The summed E-state index contributed by atoms with van der Waals surface area (Å²) in [6.45, 7) is 0.761. The average Bonchev–Trinajstić information content (AvgIpc) is 2.91. The van der Waals surface area contributed by atoms with Gasteiger partial charge in [-0.2, -0.15) is 4.31 Å². The van der Waals surface area contributed by atoms with Gasteiger partial charge in [0, 0.05) is 20.2 Å². The zero-order valence-electron chi connectivity index (χ0n) is 10.9.